The van der Waals surface area contributed by atoms with Crippen LogP contribution in [0, 0.1) is 0 Å². The summed E-state index contributed by atoms with van der Waals surface area (Å²) in [6.07, 6.45) is -2.15. The first-order chi connectivity index (χ1) is 16.3. The molecule has 2 N–H and O–H groups in total. The van der Waals surface area contributed by atoms with Crippen molar-refractivity contribution in [2.75, 3.05) is 24.5 Å². The van der Waals surface area contributed by atoms with Gasteiger partial charge < -0.3 is 15.0 Å². The molecule has 0 radical (unpaired) electrons. The van der Waals surface area contributed by atoms with E-state index in [0.717, 1.165) is 41.2 Å². The van der Waals surface area contributed by atoms with Crippen LogP contribution in [0.3, 0.4) is 0 Å². The molecule has 2 aliphatic rings. The molecular weight excluding hydrogens is 449 g/mol. The van der Waals surface area contributed by atoms with Crippen molar-refractivity contribution in [3.05, 3.63) is 59.4 Å². The Morgan fingerprint density at radius 3 is 2.76 bits per heavy atom. The van der Waals surface area contributed by atoms with E-state index in [4.69, 9.17) is 4.74 Å². The van der Waals surface area contributed by atoms with Gasteiger partial charge in [-0.2, -0.15) is 18.3 Å². The molecule has 11 heteroatoms. The summed E-state index contributed by atoms with van der Waals surface area (Å²) in [5.41, 5.74) is 3.04. The van der Waals surface area contributed by atoms with Crippen LogP contribution < -0.4 is 15.0 Å². The number of pyridine rings is 1. The number of hydrogen-bond donors (Lipinski definition) is 2. The molecule has 1 saturated heterocycles. The number of aromatic nitrogens is 3. The van der Waals surface area contributed by atoms with Crippen LogP contribution in [0.15, 0.2) is 42.7 Å². The van der Waals surface area contributed by atoms with E-state index < -0.39 is 17.8 Å². The molecule has 1 fully saturated rings. The summed E-state index contributed by atoms with van der Waals surface area (Å²) >= 11 is 0. The van der Waals surface area contributed by atoms with Crippen LogP contribution in [-0.2, 0) is 19.3 Å². The largest absolute Gasteiger partial charge is 0.417 e. The molecule has 1 atom stereocenters. The molecule has 0 bridgehead atoms. The second-order valence-corrected chi connectivity index (χ2v) is 8.50. The Bertz CT molecular complexity index is 1190. The average molecular weight is 472 g/mol. The van der Waals surface area contributed by atoms with Gasteiger partial charge in [0.1, 0.15) is 11.6 Å². The quantitative estimate of drug-likeness (QED) is 0.601. The summed E-state index contributed by atoms with van der Waals surface area (Å²) < 4.78 is 43.6. The lowest BCUT2D eigenvalue weighted by molar-refractivity contribution is -0.137. The Morgan fingerprint density at radius 2 is 2.03 bits per heavy atom. The van der Waals surface area contributed by atoms with Gasteiger partial charge in [-0.05, 0) is 37.3 Å². The lowest BCUT2D eigenvalue weighted by Crippen LogP contribution is -2.51. The zero-order chi connectivity index (χ0) is 23.9. The highest BCUT2D eigenvalue weighted by Crippen LogP contribution is 2.31. The molecule has 2 aromatic heterocycles. The summed E-state index contributed by atoms with van der Waals surface area (Å²) in [4.78, 5) is 19.8. The molecule has 34 heavy (non-hydrogen) atoms. The molecule has 0 spiro atoms. The first kappa shape index (κ1) is 22.2. The summed E-state index contributed by atoms with van der Waals surface area (Å²) in [6, 6.07) is 8.32. The number of carbonyl (C=O) groups excluding carboxylic acids is 1. The third-order valence-corrected chi connectivity index (χ3v) is 6.23. The molecule has 5 rings (SSSR count). The first-order valence-corrected chi connectivity index (χ1v) is 10.9. The number of piperazine rings is 1. The number of carbonyl (C=O) groups is 1. The van der Waals surface area contributed by atoms with Crippen molar-refractivity contribution in [1.82, 2.24) is 25.4 Å². The van der Waals surface area contributed by atoms with Crippen LogP contribution in [0.4, 0.5) is 23.8 Å². The highest BCUT2D eigenvalue weighted by Gasteiger charge is 2.31. The summed E-state index contributed by atoms with van der Waals surface area (Å²) in [5.74, 6) is 1.10. The van der Waals surface area contributed by atoms with Crippen LogP contribution in [0.25, 0.3) is 11.3 Å². The Labute approximate surface area is 193 Å². The van der Waals surface area contributed by atoms with E-state index in [9.17, 15) is 18.0 Å². The number of H-pyrrole nitrogens is 1. The topological polar surface area (TPSA) is 86.4 Å². The van der Waals surface area contributed by atoms with E-state index in [1.165, 1.54) is 6.07 Å². The van der Waals surface area contributed by atoms with Crippen molar-refractivity contribution in [1.29, 1.82) is 0 Å². The minimum absolute atomic E-state index is 0.160. The zero-order valence-corrected chi connectivity index (χ0v) is 18.4. The summed E-state index contributed by atoms with van der Waals surface area (Å²) in [5, 5.41) is 9.98. The highest BCUT2D eigenvalue weighted by atomic mass is 19.4. The number of benzene rings is 1. The van der Waals surface area contributed by atoms with Gasteiger partial charge in [0.25, 0.3) is 0 Å². The number of anilines is 1. The van der Waals surface area contributed by atoms with Crippen LogP contribution in [-0.4, -0.2) is 51.9 Å². The Hall–Kier alpha value is -3.60. The van der Waals surface area contributed by atoms with Gasteiger partial charge in [0, 0.05) is 61.7 Å². The van der Waals surface area contributed by atoms with Crippen molar-refractivity contribution in [2.45, 2.75) is 32.2 Å². The number of nitrogens with zero attached hydrogens (tertiary/aromatic N) is 4. The van der Waals surface area contributed by atoms with Crippen molar-refractivity contribution >= 4 is 11.9 Å². The summed E-state index contributed by atoms with van der Waals surface area (Å²) in [6.45, 7) is 5.22. The molecule has 178 valence electrons. The number of aromatic amines is 1. The molecule has 1 amide bonds. The van der Waals surface area contributed by atoms with Crippen LogP contribution in [0.5, 0.6) is 5.75 Å². The van der Waals surface area contributed by atoms with Gasteiger partial charge >= 0.3 is 12.3 Å². The third kappa shape index (κ3) is 4.43. The standard InChI is InChI=1S/C23H23F3N6O2/c1-14-12-32(20-5-3-18(11-27-20)23(24,25)26)7-6-31(14)13-17-10-29-30-21(17)15-2-4-19-16(8-15)9-28-22(33)34-19/h2-5,8,10-11,14H,6-7,9,12-13H2,1H3,(H,28,33)(H,29,30). The fourth-order valence-electron chi connectivity index (χ4n) is 4.35. The molecule has 1 unspecified atom stereocenters. The predicted octanol–water partition coefficient (Wildman–Crippen LogP) is 3.80. The molecule has 8 nitrogen and oxygen atoms in total. The number of nitrogens with one attached hydrogen (secondary N) is 2. The Kier molecular flexibility index (Phi) is 5.64. The Morgan fingerprint density at radius 1 is 1.18 bits per heavy atom. The maximum Gasteiger partial charge on any atom is 0.417 e. The smallest absolute Gasteiger partial charge is 0.410 e. The van der Waals surface area contributed by atoms with Gasteiger partial charge in [-0.1, -0.05) is 0 Å². The normalized spacial score (nSPS) is 18.9. The number of ether oxygens (including phenoxy) is 1. The first-order valence-electron chi connectivity index (χ1n) is 10.9. The van der Waals surface area contributed by atoms with Crippen LogP contribution in [0.2, 0.25) is 0 Å². The van der Waals surface area contributed by atoms with E-state index in [1.807, 2.05) is 23.2 Å². The molecular formula is C23H23F3N6O2. The second kappa shape index (κ2) is 8.64. The fraction of sp³-hybridized carbons (Fsp3) is 0.348. The monoisotopic (exact) mass is 472 g/mol. The zero-order valence-electron chi connectivity index (χ0n) is 18.4. The number of rotatable bonds is 4. The second-order valence-electron chi connectivity index (χ2n) is 8.50. The predicted molar refractivity (Wildman–Crippen MR) is 118 cm³/mol. The number of halogens is 3. The van der Waals surface area contributed by atoms with Gasteiger partial charge in [-0.15, -0.1) is 0 Å². The van der Waals surface area contributed by atoms with E-state index >= 15 is 0 Å². The van der Waals surface area contributed by atoms with Crippen molar-refractivity contribution in [3.8, 4) is 17.0 Å². The number of amides is 1. The van der Waals surface area contributed by atoms with Gasteiger partial charge in [-0.25, -0.2) is 9.78 Å². The van der Waals surface area contributed by atoms with Gasteiger partial charge in [0.2, 0.25) is 0 Å². The van der Waals surface area contributed by atoms with E-state index in [2.05, 4.69) is 32.3 Å². The van der Waals surface area contributed by atoms with Gasteiger partial charge in [0.15, 0.2) is 0 Å². The number of alkyl halides is 3. The van der Waals surface area contributed by atoms with Crippen molar-refractivity contribution in [2.24, 2.45) is 0 Å². The maximum atomic E-state index is 12.8. The lowest BCUT2D eigenvalue weighted by atomic mass is 10.0. The number of fused-ring (bicyclic) bond motifs is 1. The van der Waals surface area contributed by atoms with E-state index in [1.54, 1.807) is 6.07 Å². The van der Waals surface area contributed by atoms with Gasteiger partial charge in [0.05, 0.1) is 17.5 Å². The van der Waals surface area contributed by atoms with Crippen molar-refractivity contribution < 1.29 is 22.7 Å². The molecule has 3 aromatic rings. The minimum atomic E-state index is -4.39. The number of hydrogen-bond acceptors (Lipinski definition) is 6. The summed E-state index contributed by atoms with van der Waals surface area (Å²) in [7, 11) is 0. The lowest BCUT2D eigenvalue weighted by Gasteiger charge is -2.40. The Balaban J connectivity index is 1.26. The average Bonchev–Trinajstić information content (AvgIpc) is 3.28. The molecule has 1 aromatic carbocycles. The fourth-order valence-corrected chi connectivity index (χ4v) is 4.35. The SMILES string of the molecule is CC1CN(c2ccc(C(F)(F)F)cn2)CCN1Cc1cn[nH]c1-c1ccc2c(c1)CNC(=O)O2. The molecule has 4 heterocycles. The van der Waals surface area contributed by atoms with Crippen LogP contribution >= 0.6 is 0 Å². The van der Waals surface area contributed by atoms with Crippen molar-refractivity contribution in [3.63, 3.8) is 0 Å². The molecule has 2 aliphatic heterocycles. The molecule has 0 saturated carbocycles. The maximum absolute atomic E-state index is 12.8. The van der Waals surface area contributed by atoms with Gasteiger partial charge in [-0.3, -0.25) is 10.00 Å². The third-order valence-electron chi connectivity index (χ3n) is 6.23. The molecule has 0 aliphatic carbocycles. The van der Waals surface area contributed by atoms with E-state index in [0.29, 0.717) is 37.7 Å². The van der Waals surface area contributed by atoms with E-state index in [-0.39, 0.29) is 6.04 Å². The minimum Gasteiger partial charge on any atom is -0.410 e. The highest BCUT2D eigenvalue weighted by molar-refractivity contribution is 5.74. The van der Waals surface area contributed by atoms with Crippen LogP contribution in [0.1, 0.15) is 23.6 Å².